The number of allylic oxidation sites excluding steroid dienone is 12. The molecule has 0 fully saturated rings. The van der Waals surface area contributed by atoms with Gasteiger partial charge in [0.15, 0.2) is 6.10 Å². The molecule has 9 nitrogen and oxygen atoms in total. The van der Waals surface area contributed by atoms with Crippen molar-refractivity contribution in [3.63, 3.8) is 0 Å². The van der Waals surface area contributed by atoms with E-state index in [9.17, 15) is 19.0 Å². The molecule has 54 heavy (non-hydrogen) atoms. The zero-order valence-corrected chi connectivity index (χ0v) is 35.6. The summed E-state index contributed by atoms with van der Waals surface area (Å²) in [6.07, 6.45) is 43.9. The van der Waals surface area contributed by atoms with Crippen molar-refractivity contribution in [1.29, 1.82) is 0 Å². The Labute approximate surface area is 329 Å². The van der Waals surface area contributed by atoms with Crippen LogP contribution in [-0.4, -0.2) is 74.9 Å². The molecule has 0 aliphatic carbocycles. The highest BCUT2D eigenvalue weighted by Crippen LogP contribution is 2.43. The molecule has 0 aliphatic rings. The van der Waals surface area contributed by atoms with Gasteiger partial charge in [0.05, 0.1) is 27.7 Å². The third-order valence-corrected chi connectivity index (χ3v) is 9.25. The Bertz CT molecular complexity index is 1150. The Balaban J connectivity index is 4.51. The molecular weight excluding hydrogens is 701 g/mol. The van der Waals surface area contributed by atoms with Gasteiger partial charge in [-0.1, -0.05) is 151 Å². The van der Waals surface area contributed by atoms with E-state index in [4.69, 9.17) is 18.5 Å². The zero-order valence-electron chi connectivity index (χ0n) is 34.7. The number of likely N-dealkylation sites (N-methyl/N-ethyl adjacent to an activating group) is 1. The lowest BCUT2D eigenvalue weighted by molar-refractivity contribution is -0.870. The van der Waals surface area contributed by atoms with Crippen molar-refractivity contribution in [2.24, 2.45) is 0 Å². The lowest BCUT2D eigenvalue weighted by Gasteiger charge is -2.24. The second-order valence-corrected chi connectivity index (χ2v) is 16.1. The van der Waals surface area contributed by atoms with E-state index in [0.717, 1.165) is 57.8 Å². The zero-order chi connectivity index (χ0) is 40.0. The van der Waals surface area contributed by atoms with Gasteiger partial charge >= 0.3 is 19.8 Å². The minimum atomic E-state index is -4.39. The number of quaternary nitrogens is 1. The number of esters is 2. The Morgan fingerprint density at radius 3 is 1.54 bits per heavy atom. The van der Waals surface area contributed by atoms with Crippen molar-refractivity contribution in [3.8, 4) is 0 Å². The number of hydrogen-bond acceptors (Lipinski definition) is 7. The van der Waals surface area contributed by atoms with Crippen LogP contribution in [0.4, 0.5) is 0 Å². The Hall–Kier alpha value is -2.55. The van der Waals surface area contributed by atoms with Crippen LogP contribution in [-0.2, 0) is 32.7 Å². The van der Waals surface area contributed by atoms with E-state index < -0.39 is 32.5 Å². The molecule has 10 heteroatoms. The fourth-order valence-electron chi connectivity index (χ4n) is 5.04. The van der Waals surface area contributed by atoms with Crippen molar-refractivity contribution in [3.05, 3.63) is 72.9 Å². The molecule has 0 saturated heterocycles. The van der Waals surface area contributed by atoms with Gasteiger partial charge in [0.1, 0.15) is 19.8 Å². The normalized spacial score (nSPS) is 14.4. The molecule has 0 spiro atoms. The van der Waals surface area contributed by atoms with Gasteiger partial charge in [-0.3, -0.25) is 18.6 Å². The third kappa shape index (κ3) is 39.2. The molecule has 2 atom stereocenters. The monoisotopic (exact) mass is 779 g/mol. The van der Waals surface area contributed by atoms with E-state index in [2.05, 4.69) is 74.6 Å². The van der Waals surface area contributed by atoms with Gasteiger partial charge in [-0.15, -0.1) is 0 Å². The van der Waals surface area contributed by atoms with Crippen LogP contribution in [0.5, 0.6) is 0 Å². The average Bonchev–Trinajstić information content (AvgIpc) is 3.12. The van der Waals surface area contributed by atoms with Gasteiger partial charge in [-0.25, -0.2) is 4.57 Å². The van der Waals surface area contributed by atoms with Gasteiger partial charge in [0.25, 0.3) is 0 Å². The number of ether oxygens (including phenoxy) is 2. The second kappa shape index (κ2) is 36.1. The number of phosphoric acid groups is 1. The first kappa shape index (κ1) is 51.5. The summed E-state index contributed by atoms with van der Waals surface area (Å²) >= 11 is 0. The number of carbonyl (C=O) groups is 2. The summed E-state index contributed by atoms with van der Waals surface area (Å²) in [6.45, 7) is 4.19. The Kier molecular flexibility index (Phi) is 34.4. The van der Waals surface area contributed by atoms with E-state index in [0.29, 0.717) is 23.9 Å². The molecule has 0 amide bonds. The minimum absolute atomic E-state index is 0.0180. The largest absolute Gasteiger partial charge is 0.472 e. The summed E-state index contributed by atoms with van der Waals surface area (Å²) in [5, 5.41) is 0. The molecule has 0 aromatic carbocycles. The topological polar surface area (TPSA) is 108 Å². The van der Waals surface area contributed by atoms with Crippen LogP contribution < -0.4 is 0 Å². The van der Waals surface area contributed by atoms with Crippen LogP contribution in [0.3, 0.4) is 0 Å². The highest BCUT2D eigenvalue weighted by atomic mass is 31.2. The van der Waals surface area contributed by atoms with Crippen LogP contribution in [0.2, 0.25) is 0 Å². The van der Waals surface area contributed by atoms with Crippen LogP contribution in [0.1, 0.15) is 142 Å². The Morgan fingerprint density at radius 1 is 0.593 bits per heavy atom. The first-order chi connectivity index (χ1) is 26.0. The number of rotatable bonds is 36. The lowest BCUT2D eigenvalue weighted by atomic mass is 10.1. The van der Waals surface area contributed by atoms with Gasteiger partial charge in [-0.2, -0.15) is 0 Å². The van der Waals surface area contributed by atoms with Crippen LogP contribution in [0.25, 0.3) is 0 Å². The minimum Gasteiger partial charge on any atom is -0.462 e. The summed E-state index contributed by atoms with van der Waals surface area (Å²) in [5.74, 6) is -0.903. The third-order valence-electron chi connectivity index (χ3n) is 8.26. The molecule has 0 aromatic heterocycles. The summed E-state index contributed by atoms with van der Waals surface area (Å²) in [5.41, 5.74) is 0. The molecule has 0 heterocycles. The van der Waals surface area contributed by atoms with Crippen LogP contribution >= 0.6 is 7.82 Å². The highest BCUT2D eigenvalue weighted by Gasteiger charge is 2.27. The smallest absolute Gasteiger partial charge is 0.462 e. The first-order valence-electron chi connectivity index (χ1n) is 20.7. The van der Waals surface area contributed by atoms with Crippen molar-refractivity contribution < 1.29 is 42.1 Å². The molecular formula is C44H77NO8P+. The molecule has 0 bridgehead atoms. The molecule has 0 saturated carbocycles. The number of nitrogens with zero attached hydrogens (tertiary/aromatic N) is 1. The summed E-state index contributed by atoms with van der Waals surface area (Å²) < 4.78 is 34.1. The Morgan fingerprint density at radius 2 is 1.06 bits per heavy atom. The summed E-state index contributed by atoms with van der Waals surface area (Å²) in [6, 6.07) is 0. The second-order valence-electron chi connectivity index (χ2n) is 14.6. The number of unbranched alkanes of at least 4 members (excludes halogenated alkanes) is 10. The van der Waals surface area contributed by atoms with E-state index in [-0.39, 0.29) is 26.1 Å². The number of carbonyl (C=O) groups excluding carboxylic acids is 2. The van der Waals surface area contributed by atoms with Crippen molar-refractivity contribution in [1.82, 2.24) is 0 Å². The SMILES string of the molecule is CC/C=C\C/C=C\C/C=C\C/C=C\C/C=C\C/C=C\CCC(=O)OC[C@H](COP(=O)(O)OCC[N+](C)(C)C)OC(=O)CCCCCCCCCCCCC. The molecule has 1 N–H and O–H groups in total. The highest BCUT2D eigenvalue weighted by molar-refractivity contribution is 7.47. The predicted octanol–water partition coefficient (Wildman–Crippen LogP) is 11.5. The van der Waals surface area contributed by atoms with Gasteiger partial charge < -0.3 is 18.9 Å². The van der Waals surface area contributed by atoms with E-state index >= 15 is 0 Å². The standard InChI is InChI=1S/C44H76NO8P/c1-6-8-10-12-14-16-18-19-20-21-22-23-24-25-27-28-30-32-34-36-43(46)50-40-42(41-52-54(48,49)51-39-38-45(3,4)5)53-44(47)37-35-33-31-29-26-17-15-13-11-9-7-2/h8,10,14,16,19-20,22-23,25,27,30,32,42H,6-7,9,11-13,15,17-18,21,24,26,28-29,31,33-41H2,1-5H3/p+1/b10-8-,16-14-,20-19-,23-22-,27-25-,32-30-/t42-/m1/s1. The van der Waals surface area contributed by atoms with Crippen LogP contribution in [0, 0.1) is 0 Å². The van der Waals surface area contributed by atoms with Gasteiger partial charge in [0, 0.05) is 12.8 Å². The van der Waals surface area contributed by atoms with Crippen LogP contribution in [0.15, 0.2) is 72.9 Å². The molecule has 0 radical (unpaired) electrons. The fraction of sp³-hybridized carbons (Fsp3) is 0.682. The van der Waals surface area contributed by atoms with E-state index in [1.807, 2.05) is 33.3 Å². The molecule has 0 rings (SSSR count). The number of hydrogen-bond donors (Lipinski definition) is 1. The first-order valence-corrected chi connectivity index (χ1v) is 22.2. The summed E-state index contributed by atoms with van der Waals surface area (Å²) in [7, 11) is 1.43. The van der Waals surface area contributed by atoms with Crippen molar-refractivity contribution in [2.45, 2.75) is 148 Å². The molecule has 0 aromatic rings. The molecule has 1 unspecified atom stereocenters. The lowest BCUT2D eigenvalue weighted by Crippen LogP contribution is -2.37. The average molecular weight is 779 g/mol. The van der Waals surface area contributed by atoms with Crippen molar-refractivity contribution >= 4 is 19.8 Å². The maximum atomic E-state index is 12.6. The van der Waals surface area contributed by atoms with Crippen molar-refractivity contribution in [2.75, 3.05) is 47.5 Å². The van der Waals surface area contributed by atoms with E-state index in [1.54, 1.807) is 0 Å². The molecule has 310 valence electrons. The van der Waals surface area contributed by atoms with Gasteiger partial charge in [0.2, 0.25) is 0 Å². The van der Waals surface area contributed by atoms with Gasteiger partial charge in [-0.05, 0) is 51.4 Å². The quantitative estimate of drug-likeness (QED) is 0.0220. The molecule has 0 aliphatic heterocycles. The van der Waals surface area contributed by atoms with E-state index in [1.165, 1.54) is 44.9 Å². The maximum absolute atomic E-state index is 12.6. The number of phosphoric ester groups is 1. The maximum Gasteiger partial charge on any atom is 0.472 e. The predicted molar refractivity (Wildman–Crippen MR) is 224 cm³/mol. The summed E-state index contributed by atoms with van der Waals surface area (Å²) in [4.78, 5) is 35.2. The fourth-order valence-corrected chi connectivity index (χ4v) is 5.78.